The van der Waals surface area contributed by atoms with Crippen LogP contribution in [0.4, 0.5) is 10.1 Å². The fraction of sp³-hybridized carbons (Fsp3) is 0. The molecule has 1 aromatic carbocycles. The number of nitrogens with zero attached hydrogens (tertiary/aromatic N) is 1. The molecule has 0 radical (unpaired) electrons. The number of benzene rings is 1. The van der Waals surface area contributed by atoms with E-state index in [1.165, 1.54) is 30.6 Å². The Hall–Kier alpha value is -1.46. The van der Waals surface area contributed by atoms with E-state index in [-0.39, 0.29) is 16.3 Å². The maximum Gasteiger partial charge on any atom is 0.257 e. The lowest BCUT2D eigenvalue weighted by molar-refractivity contribution is 0.102. The fourth-order valence-electron chi connectivity index (χ4n) is 1.34. The van der Waals surface area contributed by atoms with Gasteiger partial charge in [-0.2, -0.15) is 0 Å². The lowest BCUT2D eigenvalue weighted by atomic mass is 10.2. The van der Waals surface area contributed by atoms with E-state index in [0.29, 0.717) is 4.47 Å². The molecule has 0 unspecified atom stereocenters. The summed E-state index contributed by atoms with van der Waals surface area (Å²) >= 11 is 8.96. The second-order valence-corrected chi connectivity index (χ2v) is 4.76. The van der Waals surface area contributed by atoms with E-state index in [4.69, 9.17) is 11.6 Å². The molecule has 1 N–H and O–H groups in total. The molecule has 0 fully saturated rings. The zero-order chi connectivity index (χ0) is 13.1. The Morgan fingerprint density at radius 1 is 1.39 bits per heavy atom. The minimum Gasteiger partial charge on any atom is -0.319 e. The van der Waals surface area contributed by atoms with E-state index in [1.54, 1.807) is 6.07 Å². The number of anilines is 1. The number of amides is 1. The quantitative estimate of drug-likeness (QED) is 0.908. The lowest BCUT2D eigenvalue weighted by Crippen LogP contribution is -2.13. The van der Waals surface area contributed by atoms with Crippen LogP contribution >= 0.6 is 27.5 Å². The van der Waals surface area contributed by atoms with Gasteiger partial charge in [0, 0.05) is 16.9 Å². The van der Waals surface area contributed by atoms with Crippen molar-refractivity contribution < 1.29 is 9.18 Å². The van der Waals surface area contributed by atoms with Crippen LogP contribution < -0.4 is 5.32 Å². The lowest BCUT2D eigenvalue weighted by Gasteiger charge is -2.07. The Kier molecular flexibility index (Phi) is 3.93. The molecule has 1 amide bonds. The topological polar surface area (TPSA) is 42.0 Å². The molecule has 0 aliphatic rings. The summed E-state index contributed by atoms with van der Waals surface area (Å²) in [5.74, 6) is -1.01. The number of carbonyl (C=O) groups excluding carboxylic acids is 1. The summed E-state index contributed by atoms with van der Waals surface area (Å²) in [7, 11) is 0. The van der Waals surface area contributed by atoms with Gasteiger partial charge in [0.2, 0.25) is 0 Å². The van der Waals surface area contributed by atoms with E-state index >= 15 is 0 Å². The highest BCUT2D eigenvalue weighted by Crippen LogP contribution is 2.21. The van der Waals surface area contributed by atoms with Gasteiger partial charge >= 0.3 is 0 Å². The molecule has 92 valence electrons. The number of nitrogens with one attached hydrogen (secondary N) is 1. The average Bonchev–Trinajstić information content (AvgIpc) is 2.33. The van der Waals surface area contributed by atoms with Gasteiger partial charge in [0.25, 0.3) is 5.91 Å². The highest BCUT2D eigenvalue weighted by Gasteiger charge is 2.12. The fourth-order valence-corrected chi connectivity index (χ4v) is 1.88. The van der Waals surface area contributed by atoms with Crippen molar-refractivity contribution in [3.8, 4) is 0 Å². The van der Waals surface area contributed by atoms with Crippen LogP contribution in [0, 0.1) is 5.82 Å². The summed E-state index contributed by atoms with van der Waals surface area (Å²) in [6, 6.07) is 5.83. The normalized spacial score (nSPS) is 10.2. The molecule has 0 aliphatic heterocycles. The van der Waals surface area contributed by atoms with E-state index in [1.807, 2.05) is 0 Å². The summed E-state index contributed by atoms with van der Waals surface area (Å²) in [5, 5.41) is 2.66. The van der Waals surface area contributed by atoms with Gasteiger partial charge in [-0.25, -0.2) is 4.39 Å². The molecule has 3 nitrogen and oxygen atoms in total. The van der Waals surface area contributed by atoms with Crippen LogP contribution in [0.25, 0.3) is 0 Å². The van der Waals surface area contributed by atoms with Crippen LogP contribution in [0.15, 0.2) is 41.1 Å². The molecule has 2 rings (SSSR count). The molecule has 18 heavy (non-hydrogen) atoms. The third-order valence-electron chi connectivity index (χ3n) is 2.20. The maximum atomic E-state index is 13.5. The Balaban J connectivity index is 2.24. The number of rotatable bonds is 2. The van der Waals surface area contributed by atoms with Crippen molar-refractivity contribution in [3.63, 3.8) is 0 Å². The van der Waals surface area contributed by atoms with Gasteiger partial charge < -0.3 is 5.32 Å². The molecule has 0 spiro atoms. The Labute approximate surface area is 116 Å². The van der Waals surface area contributed by atoms with Crippen LogP contribution in [-0.2, 0) is 0 Å². The third kappa shape index (κ3) is 2.86. The van der Waals surface area contributed by atoms with Crippen molar-refractivity contribution in [1.82, 2.24) is 4.98 Å². The second-order valence-electron chi connectivity index (χ2n) is 3.43. The van der Waals surface area contributed by atoms with Gasteiger partial charge in [-0.15, -0.1) is 0 Å². The van der Waals surface area contributed by atoms with Crippen LogP contribution in [-0.4, -0.2) is 10.9 Å². The Morgan fingerprint density at radius 2 is 2.17 bits per heavy atom. The van der Waals surface area contributed by atoms with Gasteiger partial charge in [0.1, 0.15) is 5.82 Å². The number of hydrogen-bond donors (Lipinski definition) is 1. The first-order chi connectivity index (χ1) is 8.58. The monoisotopic (exact) mass is 328 g/mol. The molecular weight excluding hydrogens is 322 g/mol. The van der Waals surface area contributed by atoms with Crippen molar-refractivity contribution in [3.05, 3.63) is 57.5 Å². The van der Waals surface area contributed by atoms with E-state index < -0.39 is 11.7 Å². The first-order valence-corrected chi connectivity index (χ1v) is 6.11. The van der Waals surface area contributed by atoms with E-state index in [2.05, 4.69) is 26.2 Å². The molecule has 0 aliphatic carbocycles. The van der Waals surface area contributed by atoms with E-state index in [0.717, 1.165) is 0 Å². The summed E-state index contributed by atoms with van der Waals surface area (Å²) < 4.78 is 14.1. The molecule has 0 bridgehead atoms. The van der Waals surface area contributed by atoms with Gasteiger partial charge in [-0.3, -0.25) is 9.78 Å². The standard InChI is InChI=1S/C12H7BrClFN2O/c13-7-1-2-11(10(15)5-7)17-12(18)8-3-4-16-6-9(8)14/h1-6H,(H,17,18). The van der Waals surface area contributed by atoms with Crippen molar-refractivity contribution in [2.24, 2.45) is 0 Å². The predicted octanol–water partition coefficient (Wildman–Crippen LogP) is 3.89. The first-order valence-electron chi connectivity index (χ1n) is 4.94. The summed E-state index contributed by atoms with van der Waals surface area (Å²) in [5.41, 5.74) is 0.338. The van der Waals surface area contributed by atoms with Crippen molar-refractivity contribution in [2.75, 3.05) is 5.32 Å². The highest BCUT2D eigenvalue weighted by atomic mass is 79.9. The first kappa shape index (κ1) is 13.0. The summed E-state index contributed by atoms with van der Waals surface area (Å²) in [4.78, 5) is 15.6. The van der Waals surface area contributed by atoms with Gasteiger partial charge in [0.15, 0.2) is 0 Å². The Bertz CT molecular complexity index is 606. The van der Waals surface area contributed by atoms with Crippen LogP contribution in [0.2, 0.25) is 5.02 Å². The summed E-state index contributed by atoms with van der Waals surface area (Å²) in [6.07, 6.45) is 2.80. The second kappa shape index (κ2) is 5.46. The minimum atomic E-state index is -0.525. The number of carbonyl (C=O) groups is 1. The van der Waals surface area contributed by atoms with Crippen molar-refractivity contribution >= 4 is 39.1 Å². The maximum absolute atomic E-state index is 13.5. The molecule has 0 atom stereocenters. The van der Waals surface area contributed by atoms with E-state index in [9.17, 15) is 9.18 Å². The number of pyridine rings is 1. The van der Waals surface area contributed by atoms with Crippen LogP contribution in [0.3, 0.4) is 0 Å². The van der Waals surface area contributed by atoms with Gasteiger partial charge in [0.05, 0.1) is 16.3 Å². The van der Waals surface area contributed by atoms with Gasteiger partial charge in [-0.1, -0.05) is 27.5 Å². The molecule has 6 heteroatoms. The zero-order valence-electron chi connectivity index (χ0n) is 8.95. The van der Waals surface area contributed by atoms with Crippen molar-refractivity contribution in [1.29, 1.82) is 0 Å². The minimum absolute atomic E-state index is 0.0936. The highest BCUT2D eigenvalue weighted by molar-refractivity contribution is 9.10. The molecule has 0 saturated carbocycles. The summed E-state index contributed by atoms with van der Waals surface area (Å²) in [6.45, 7) is 0. The molecule has 1 aromatic heterocycles. The zero-order valence-corrected chi connectivity index (χ0v) is 11.3. The largest absolute Gasteiger partial charge is 0.319 e. The SMILES string of the molecule is O=C(Nc1ccc(Br)cc1F)c1ccncc1Cl. The molecule has 1 heterocycles. The number of aromatic nitrogens is 1. The van der Waals surface area contributed by atoms with Crippen LogP contribution in [0.5, 0.6) is 0 Å². The van der Waals surface area contributed by atoms with Crippen molar-refractivity contribution in [2.45, 2.75) is 0 Å². The molecular formula is C12H7BrClFN2O. The van der Waals surface area contributed by atoms with Crippen LogP contribution in [0.1, 0.15) is 10.4 Å². The molecule has 2 aromatic rings. The smallest absolute Gasteiger partial charge is 0.257 e. The predicted molar refractivity (Wildman–Crippen MR) is 71.3 cm³/mol. The van der Waals surface area contributed by atoms with Gasteiger partial charge in [-0.05, 0) is 24.3 Å². The Morgan fingerprint density at radius 3 is 2.83 bits per heavy atom. The molecule has 0 saturated heterocycles. The average molecular weight is 330 g/mol. The number of halogens is 3. The number of hydrogen-bond acceptors (Lipinski definition) is 2. The third-order valence-corrected chi connectivity index (χ3v) is 2.99.